The van der Waals surface area contributed by atoms with Crippen molar-refractivity contribution >= 4 is 0 Å². The Hall–Kier alpha value is -1.27. The molecule has 1 aromatic rings. The Labute approximate surface area is 90.6 Å². The molecule has 1 atom stereocenters. The largest absolute Gasteiger partial charge is 0.573 e. The van der Waals surface area contributed by atoms with Crippen molar-refractivity contribution in [2.45, 2.75) is 12.3 Å². The van der Waals surface area contributed by atoms with Gasteiger partial charge in [0.25, 0.3) is 0 Å². The number of nitrogens with two attached hydrogens (primary N) is 1. The predicted molar refractivity (Wildman–Crippen MR) is 52.0 cm³/mol. The second kappa shape index (κ2) is 5.18. The van der Waals surface area contributed by atoms with Crippen LogP contribution in [0.25, 0.3) is 0 Å². The number of ether oxygens (including phenoxy) is 1. The Kier molecular flexibility index (Phi) is 4.14. The van der Waals surface area contributed by atoms with Crippen LogP contribution in [0.1, 0.15) is 11.5 Å². The summed E-state index contributed by atoms with van der Waals surface area (Å²) in [6.45, 7) is 0.0892. The van der Waals surface area contributed by atoms with Crippen LogP contribution in [-0.4, -0.2) is 24.6 Å². The minimum absolute atomic E-state index is 0.143. The first-order chi connectivity index (χ1) is 7.46. The normalized spacial score (nSPS) is 13.6. The molecule has 0 aliphatic carbocycles. The number of aliphatic hydroxyl groups is 1. The quantitative estimate of drug-likeness (QED) is 0.833. The summed E-state index contributed by atoms with van der Waals surface area (Å²) in [7, 11) is 0. The standard InChI is InChI=1S/C10H12F3NO2/c11-10(12,13)16-9-3-1-7(2-4-9)8(5-14)6-15/h1-4,8,15H,5-6,14H2/t8-/m1/s1. The smallest absolute Gasteiger partial charge is 0.406 e. The van der Waals surface area contributed by atoms with Gasteiger partial charge in [-0.3, -0.25) is 0 Å². The van der Waals surface area contributed by atoms with E-state index in [0.717, 1.165) is 0 Å². The fraction of sp³-hybridized carbons (Fsp3) is 0.400. The van der Waals surface area contributed by atoms with E-state index in [4.69, 9.17) is 10.8 Å². The third-order valence-electron chi connectivity index (χ3n) is 2.09. The molecule has 3 nitrogen and oxygen atoms in total. The molecule has 0 aliphatic rings. The van der Waals surface area contributed by atoms with Gasteiger partial charge in [-0.15, -0.1) is 13.2 Å². The third-order valence-corrected chi connectivity index (χ3v) is 2.09. The second-order valence-corrected chi connectivity index (χ2v) is 3.23. The van der Waals surface area contributed by atoms with Crippen LogP contribution >= 0.6 is 0 Å². The number of hydrogen-bond acceptors (Lipinski definition) is 3. The van der Waals surface area contributed by atoms with Crippen molar-refractivity contribution in [3.05, 3.63) is 29.8 Å². The van der Waals surface area contributed by atoms with Crippen molar-refractivity contribution in [2.75, 3.05) is 13.2 Å². The molecular formula is C10H12F3NO2. The maximum atomic E-state index is 11.9. The monoisotopic (exact) mass is 235 g/mol. The van der Waals surface area contributed by atoms with Crippen LogP contribution in [-0.2, 0) is 0 Å². The molecule has 6 heteroatoms. The van der Waals surface area contributed by atoms with Crippen molar-refractivity contribution < 1.29 is 23.0 Å². The molecule has 0 saturated carbocycles. The van der Waals surface area contributed by atoms with Crippen LogP contribution in [0.2, 0.25) is 0 Å². The van der Waals surface area contributed by atoms with Crippen molar-refractivity contribution in [1.29, 1.82) is 0 Å². The molecule has 0 aliphatic heterocycles. The van der Waals surface area contributed by atoms with Crippen LogP contribution in [0.5, 0.6) is 5.75 Å². The number of alkyl halides is 3. The molecule has 0 aromatic heterocycles. The molecule has 0 fully saturated rings. The minimum atomic E-state index is -4.69. The van der Waals surface area contributed by atoms with Crippen LogP contribution in [0.3, 0.4) is 0 Å². The maximum Gasteiger partial charge on any atom is 0.573 e. The lowest BCUT2D eigenvalue weighted by molar-refractivity contribution is -0.274. The lowest BCUT2D eigenvalue weighted by Gasteiger charge is -2.13. The van der Waals surface area contributed by atoms with Crippen LogP contribution in [0.4, 0.5) is 13.2 Å². The first-order valence-electron chi connectivity index (χ1n) is 4.63. The van der Waals surface area contributed by atoms with Gasteiger partial charge in [0.1, 0.15) is 5.75 Å². The highest BCUT2D eigenvalue weighted by Gasteiger charge is 2.31. The van der Waals surface area contributed by atoms with Crippen molar-refractivity contribution in [2.24, 2.45) is 5.73 Å². The van der Waals surface area contributed by atoms with E-state index in [-0.39, 0.29) is 24.8 Å². The van der Waals surface area contributed by atoms with E-state index >= 15 is 0 Å². The zero-order valence-electron chi connectivity index (χ0n) is 8.37. The number of rotatable bonds is 4. The number of hydrogen-bond donors (Lipinski definition) is 2. The topological polar surface area (TPSA) is 55.5 Å². The Morgan fingerprint density at radius 2 is 1.81 bits per heavy atom. The van der Waals surface area contributed by atoms with Gasteiger partial charge in [0.05, 0.1) is 6.61 Å². The highest BCUT2D eigenvalue weighted by Crippen LogP contribution is 2.24. The van der Waals surface area contributed by atoms with Crippen LogP contribution in [0.15, 0.2) is 24.3 Å². The number of aliphatic hydroxyl groups excluding tert-OH is 1. The molecular weight excluding hydrogens is 223 g/mol. The molecule has 0 amide bonds. The molecule has 0 bridgehead atoms. The highest BCUT2D eigenvalue weighted by atomic mass is 19.4. The van der Waals surface area contributed by atoms with Gasteiger partial charge < -0.3 is 15.6 Å². The van der Waals surface area contributed by atoms with E-state index in [0.29, 0.717) is 5.56 Å². The number of halogens is 3. The maximum absolute atomic E-state index is 11.9. The molecule has 0 saturated heterocycles. The van der Waals surface area contributed by atoms with E-state index in [1.54, 1.807) is 0 Å². The molecule has 1 aromatic carbocycles. The zero-order valence-corrected chi connectivity index (χ0v) is 8.37. The van der Waals surface area contributed by atoms with Gasteiger partial charge in [0.15, 0.2) is 0 Å². The predicted octanol–water partition coefficient (Wildman–Crippen LogP) is 1.62. The summed E-state index contributed by atoms with van der Waals surface area (Å²) in [5.74, 6) is -0.551. The van der Waals surface area contributed by atoms with Crippen LogP contribution in [0, 0.1) is 0 Å². The van der Waals surface area contributed by atoms with Gasteiger partial charge in [0.2, 0.25) is 0 Å². The Morgan fingerprint density at radius 1 is 1.25 bits per heavy atom. The van der Waals surface area contributed by atoms with E-state index in [2.05, 4.69) is 4.74 Å². The summed E-state index contributed by atoms with van der Waals surface area (Å²) in [5, 5.41) is 8.94. The average molecular weight is 235 g/mol. The zero-order chi connectivity index (χ0) is 12.2. The van der Waals surface area contributed by atoms with Gasteiger partial charge in [-0.05, 0) is 17.7 Å². The summed E-state index contributed by atoms with van der Waals surface area (Å²) >= 11 is 0. The van der Waals surface area contributed by atoms with Gasteiger partial charge in [-0.25, -0.2) is 0 Å². The second-order valence-electron chi connectivity index (χ2n) is 3.23. The van der Waals surface area contributed by atoms with Crippen molar-refractivity contribution in [1.82, 2.24) is 0 Å². The Balaban J connectivity index is 2.75. The first kappa shape index (κ1) is 12.8. The Morgan fingerprint density at radius 3 is 2.19 bits per heavy atom. The third kappa shape index (κ3) is 3.71. The van der Waals surface area contributed by atoms with Gasteiger partial charge in [-0.1, -0.05) is 12.1 Å². The van der Waals surface area contributed by atoms with Crippen molar-refractivity contribution in [3.63, 3.8) is 0 Å². The van der Waals surface area contributed by atoms with E-state index in [1.165, 1.54) is 24.3 Å². The van der Waals surface area contributed by atoms with Crippen molar-refractivity contribution in [3.8, 4) is 5.75 Å². The molecule has 0 unspecified atom stereocenters. The molecule has 0 spiro atoms. The molecule has 0 radical (unpaired) electrons. The molecule has 90 valence electrons. The minimum Gasteiger partial charge on any atom is -0.406 e. The fourth-order valence-electron chi connectivity index (χ4n) is 1.26. The average Bonchev–Trinajstić information content (AvgIpc) is 2.20. The van der Waals surface area contributed by atoms with E-state index in [1.807, 2.05) is 0 Å². The molecule has 1 rings (SSSR count). The summed E-state index contributed by atoms with van der Waals surface area (Å²) < 4.78 is 39.3. The molecule has 3 N–H and O–H groups in total. The lowest BCUT2D eigenvalue weighted by atomic mass is 10.0. The van der Waals surface area contributed by atoms with Gasteiger partial charge in [-0.2, -0.15) is 0 Å². The SMILES string of the molecule is NC[C@H](CO)c1ccc(OC(F)(F)F)cc1. The molecule has 0 heterocycles. The van der Waals surface area contributed by atoms with E-state index in [9.17, 15) is 13.2 Å². The highest BCUT2D eigenvalue weighted by molar-refractivity contribution is 5.29. The summed E-state index contributed by atoms with van der Waals surface area (Å²) in [5.41, 5.74) is 6.06. The summed E-state index contributed by atoms with van der Waals surface area (Å²) in [6, 6.07) is 5.30. The van der Waals surface area contributed by atoms with E-state index < -0.39 is 6.36 Å². The summed E-state index contributed by atoms with van der Waals surface area (Å²) in [6.07, 6.45) is -4.69. The lowest BCUT2D eigenvalue weighted by Crippen LogP contribution is -2.18. The fourth-order valence-corrected chi connectivity index (χ4v) is 1.26. The van der Waals surface area contributed by atoms with Gasteiger partial charge in [0, 0.05) is 12.5 Å². The Bertz CT molecular complexity index is 320. The molecule has 16 heavy (non-hydrogen) atoms. The first-order valence-corrected chi connectivity index (χ1v) is 4.63. The van der Waals surface area contributed by atoms with Crippen LogP contribution < -0.4 is 10.5 Å². The summed E-state index contributed by atoms with van der Waals surface area (Å²) in [4.78, 5) is 0. The van der Waals surface area contributed by atoms with Gasteiger partial charge >= 0.3 is 6.36 Å². The number of benzene rings is 1.